The molecule has 1 aromatic carbocycles. The number of nitrogens with zero attached hydrogens (tertiary/aromatic N) is 2. The average Bonchev–Trinajstić information content (AvgIpc) is 2.53. The highest BCUT2D eigenvalue weighted by Crippen LogP contribution is 2.26. The van der Waals surface area contributed by atoms with Gasteiger partial charge in [-0.1, -0.05) is 11.6 Å². The number of carbonyl (C=O) groups excluding carboxylic acids is 1. The molecule has 2 rings (SSSR count). The van der Waals surface area contributed by atoms with Crippen LogP contribution in [0.2, 0.25) is 5.02 Å². The van der Waals surface area contributed by atoms with E-state index in [9.17, 15) is 4.79 Å². The summed E-state index contributed by atoms with van der Waals surface area (Å²) in [5.74, 6) is 0.269. The van der Waals surface area contributed by atoms with Crippen molar-refractivity contribution in [2.24, 2.45) is 5.10 Å². The maximum Gasteiger partial charge on any atom is 0.280 e. The highest BCUT2D eigenvalue weighted by molar-refractivity contribution is 6.32. The quantitative estimate of drug-likeness (QED) is 0.675. The second-order valence-electron chi connectivity index (χ2n) is 5.15. The number of rotatable bonds is 5. The summed E-state index contributed by atoms with van der Waals surface area (Å²) in [4.78, 5) is 15.9. The summed E-state index contributed by atoms with van der Waals surface area (Å²) in [5, 5.41) is 4.61. The molecule has 0 saturated carbocycles. The Morgan fingerprint density at radius 3 is 2.52 bits per heavy atom. The molecule has 1 atom stereocenters. The molecule has 0 fully saturated rings. The number of amides is 1. The van der Waals surface area contributed by atoms with Gasteiger partial charge in [0.2, 0.25) is 0 Å². The van der Waals surface area contributed by atoms with Crippen molar-refractivity contribution in [2.75, 3.05) is 0 Å². The van der Waals surface area contributed by atoms with E-state index in [1.807, 2.05) is 13.8 Å². The zero-order valence-corrected chi connectivity index (χ0v) is 14.0. The first kappa shape index (κ1) is 17.0. The molecular formula is C17H18ClN3O2. The van der Waals surface area contributed by atoms with Gasteiger partial charge in [-0.25, -0.2) is 5.43 Å². The maximum atomic E-state index is 12.0. The van der Waals surface area contributed by atoms with E-state index >= 15 is 0 Å². The Hall–Kier alpha value is -2.40. The number of hydrogen-bond donors (Lipinski definition) is 1. The first-order valence-electron chi connectivity index (χ1n) is 7.13. The average molecular weight is 332 g/mol. The van der Waals surface area contributed by atoms with Gasteiger partial charge in [-0.05, 0) is 61.7 Å². The Kier molecular flexibility index (Phi) is 5.71. The number of halogens is 1. The Morgan fingerprint density at radius 2 is 1.91 bits per heavy atom. The number of aryl methyl sites for hydroxylation is 2. The molecule has 0 radical (unpaired) electrons. The number of nitrogens with one attached hydrogen (secondary N) is 1. The highest BCUT2D eigenvalue weighted by atomic mass is 35.5. The molecule has 1 amide bonds. The van der Waals surface area contributed by atoms with Crippen molar-refractivity contribution in [3.8, 4) is 5.75 Å². The number of hydrazone groups is 1. The molecule has 0 saturated heterocycles. The van der Waals surface area contributed by atoms with Crippen LogP contribution in [0.5, 0.6) is 5.75 Å². The van der Waals surface area contributed by atoms with E-state index in [1.165, 1.54) is 0 Å². The smallest absolute Gasteiger partial charge is 0.280 e. The van der Waals surface area contributed by atoms with E-state index in [1.54, 1.807) is 49.8 Å². The summed E-state index contributed by atoms with van der Waals surface area (Å²) in [7, 11) is 0. The first-order valence-corrected chi connectivity index (χ1v) is 7.51. The molecule has 0 aliphatic rings. The van der Waals surface area contributed by atoms with Crippen LogP contribution in [-0.4, -0.2) is 23.2 Å². The lowest BCUT2D eigenvalue weighted by Gasteiger charge is -2.14. The number of pyridine rings is 1. The number of benzene rings is 1. The van der Waals surface area contributed by atoms with Crippen LogP contribution in [0.4, 0.5) is 0 Å². The summed E-state index contributed by atoms with van der Waals surface area (Å²) in [5.41, 5.74) is 5.11. The second-order valence-corrected chi connectivity index (χ2v) is 5.52. The summed E-state index contributed by atoms with van der Waals surface area (Å²) in [6.45, 7) is 5.45. The van der Waals surface area contributed by atoms with E-state index < -0.39 is 6.10 Å². The van der Waals surface area contributed by atoms with Crippen molar-refractivity contribution in [3.05, 3.63) is 58.4 Å². The largest absolute Gasteiger partial charge is 0.481 e. The van der Waals surface area contributed by atoms with Gasteiger partial charge in [-0.15, -0.1) is 0 Å². The van der Waals surface area contributed by atoms with Crippen LogP contribution < -0.4 is 10.2 Å². The Balaban J connectivity index is 1.94. The van der Waals surface area contributed by atoms with Crippen molar-refractivity contribution in [2.45, 2.75) is 26.9 Å². The van der Waals surface area contributed by atoms with Gasteiger partial charge in [0.25, 0.3) is 5.91 Å². The third-order valence-corrected chi connectivity index (χ3v) is 3.78. The fourth-order valence-corrected chi connectivity index (χ4v) is 2.05. The van der Waals surface area contributed by atoms with Crippen LogP contribution in [-0.2, 0) is 4.79 Å². The van der Waals surface area contributed by atoms with Crippen LogP contribution >= 0.6 is 11.6 Å². The van der Waals surface area contributed by atoms with Crippen molar-refractivity contribution < 1.29 is 9.53 Å². The lowest BCUT2D eigenvalue weighted by molar-refractivity contribution is -0.127. The molecule has 0 spiro atoms. The van der Waals surface area contributed by atoms with Gasteiger partial charge in [0.1, 0.15) is 5.75 Å². The van der Waals surface area contributed by atoms with Gasteiger partial charge in [0.05, 0.1) is 6.21 Å². The predicted octanol–water partition coefficient (Wildman–Crippen LogP) is 3.27. The minimum Gasteiger partial charge on any atom is -0.481 e. The molecule has 2 aromatic rings. The van der Waals surface area contributed by atoms with Gasteiger partial charge in [-0.3, -0.25) is 9.78 Å². The molecule has 23 heavy (non-hydrogen) atoms. The minimum absolute atomic E-state index is 0.333. The number of carbonyl (C=O) groups is 1. The molecule has 5 nitrogen and oxygen atoms in total. The molecule has 1 aromatic heterocycles. The molecule has 1 unspecified atom stereocenters. The number of aromatic nitrogens is 1. The standard InChI is InChI=1S/C17H18ClN3O2/c1-11-8-15(9-12(2)16(11)18)23-13(3)17(22)21-20-10-14-4-6-19-7-5-14/h4-10,13H,1-3H3,(H,21,22). The lowest BCUT2D eigenvalue weighted by Crippen LogP contribution is -2.33. The molecule has 0 aliphatic heterocycles. The van der Waals surface area contributed by atoms with Crippen LogP contribution in [0.3, 0.4) is 0 Å². The fraction of sp³-hybridized carbons (Fsp3) is 0.235. The molecular weight excluding hydrogens is 314 g/mol. The molecule has 1 N–H and O–H groups in total. The van der Waals surface area contributed by atoms with Gasteiger partial charge < -0.3 is 4.74 Å². The van der Waals surface area contributed by atoms with E-state index in [4.69, 9.17) is 16.3 Å². The lowest BCUT2D eigenvalue weighted by atomic mass is 10.1. The third kappa shape index (κ3) is 4.79. The van der Waals surface area contributed by atoms with Gasteiger partial charge in [0, 0.05) is 17.4 Å². The Morgan fingerprint density at radius 1 is 1.30 bits per heavy atom. The van der Waals surface area contributed by atoms with Crippen LogP contribution in [0.15, 0.2) is 41.8 Å². The van der Waals surface area contributed by atoms with Crippen molar-refractivity contribution in [3.63, 3.8) is 0 Å². The Labute approximate surface area is 140 Å². The van der Waals surface area contributed by atoms with E-state index in [0.717, 1.165) is 16.7 Å². The van der Waals surface area contributed by atoms with Crippen molar-refractivity contribution >= 4 is 23.7 Å². The predicted molar refractivity (Wildman–Crippen MR) is 91.0 cm³/mol. The topological polar surface area (TPSA) is 63.6 Å². The van der Waals surface area contributed by atoms with Crippen LogP contribution in [0, 0.1) is 13.8 Å². The van der Waals surface area contributed by atoms with E-state index in [-0.39, 0.29) is 5.91 Å². The summed E-state index contributed by atoms with van der Waals surface area (Å²) in [6.07, 6.45) is 4.17. The van der Waals surface area contributed by atoms with Crippen molar-refractivity contribution in [1.82, 2.24) is 10.4 Å². The first-order chi connectivity index (χ1) is 11.0. The zero-order valence-electron chi connectivity index (χ0n) is 13.2. The zero-order chi connectivity index (χ0) is 16.8. The minimum atomic E-state index is -0.676. The third-order valence-electron chi connectivity index (χ3n) is 3.19. The molecule has 1 heterocycles. The van der Waals surface area contributed by atoms with Crippen LogP contribution in [0.1, 0.15) is 23.6 Å². The summed E-state index contributed by atoms with van der Waals surface area (Å²) >= 11 is 6.12. The normalized spacial score (nSPS) is 12.2. The molecule has 6 heteroatoms. The highest BCUT2D eigenvalue weighted by Gasteiger charge is 2.15. The molecule has 0 bridgehead atoms. The van der Waals surface area contributed by atoms with Gasteiger partial charge >= 0.3 is 0 Å². The maximum absolute atomic E-state index is 12.0. The second kappa shape index (κ2) is 7.74. The molecule has 120 valence electrons. The van der Waals surface area contributed by atoms with E-state index in [2.05, 4.69) is 15.5 Å². The SMILES string of the molecule is Cc1cc(OC(C)C(=O)NN=Cc2ccncc2)cc(C)c1Cl. The van der Waals surface area contributed by atoms with E-state index in [0.29, 0.717) is 10.8 Å². The van der Waals surface area contributed by atoms with Gasteiger partial charge in [-0.2, -0.15) is 5.10 Å². The fourth-order valence-electron chi connectivity index (χ4n) is 1.94. The molecule has 0 aliphatic carbocycles. The Bertz CT molecular complexity index is 694. The summed E-state index contributed by atoms with van der Waals surface area (Å²) < 4.78 is 5.64. The van der Waals surface area contributed by atoms with Crippen molar-refractivity contribution in [1.29, 1.82) is 0 Å². The number of hydrogen-bond acceptors (Lipinski definition) is 4. The summed E-state index contributed by atoms with van der Waals surface area (Å²) in [6, 6.07) is 7.18. The van der Waals surface area contributed by atoms with Gasteiger partial charge in [0.15, 0.2) is 6.10 Å². The monoisotopic (exact) mass is 331 g/mol. The number of ether oxygens (including phenoxy) is 1. The van der Waals surface area contributed by atoms with Crippen LogP contribution in [0.25, 0.3) is 0 Å².